The van der Waals surface area contributed by atoms with Crippen molar-refractivity contribution in [1.82, 2.24) is 0 Å². The molecule has 0 aliphatic carbocycles. The third kappa shape index (κ3) is 6.52. The molecule has 0 radical (unpaired) electrons. The molecule has 0 fully saturated rings. The van der Waals surface area contributed by atoms with E-state index in [0.717, 1.165) is 0 Å². The number of rotatable bonds is 10. The molecule has 0 N–H and O–H groups in total. The van der Waals surface area contributed by atoms with Gasteiger partial charge in [-0.3, -0.25) is 9.47 Å². The number of hydrogen-bond acceptors (Lipinski definition) is 10. The summed E-state index contributed by atoms with van der Waals surface area (Å²) in [5, 5.41) is -15.1. The van der Waals surface area contributed by atoms with Gasteiger partial charge in [0, 0.05) is 0 Å². The zero-order valence-corrected chi connectivity index (χ0v) is 18.3. The summed E-state index contributed by atoms with van der Waals surface area (Å²) in [6, 6.07) is 0. The Hall–Kier alpha value is -2.50. The van der Waals surface area contributed by atoms with Gasteiger partial charge < -0.3 is 0 Å². The summed E-state index contributed by atoms with van der Waals surface area (Å²) < 4.78 is 275. The van der Waals surface area contributed by atoms with Crippen molar-refractivity contribution in [3.63, 3.8) is 0 Å². The second-order valence-electron chi connectivity index (χ2n) is 6.07. The van der Waals surface area contributed by atoms with Crippen LogP contribution in [0.4, 0.5) is 78.0 Å². The lowest BCUT2D eigenvalue weighted by Crippen LogP contribution is -2.61. The SMILES string of the molecule is O=C(OOC(=O)C(F)(OC(F)(F)C(F)(F)S(=O)(=O)F)C(F)(F)F)C(F)(OC(F)(F)C(F)(F)S(=O)(=O)F)C(F)(F)F. The van der Waals surface area contributed by atoms with Gasteiger partial charge in [-0.15, -0.1) is 0 Å². The Balaban J connectivity index is 6.46. The van der Waals surface area contributed by atoms with Crippen molar-refractivity contribution in [3.8, 4) is 0 Å². The summed E-state index contributed by atoms with van der Waals surface area (Å²) in [7, 11) is -16.2. The molecule has 0 amide bonds. The molecule has 0 saturated carbocycles. The van der Waals surface area contributed by atoms with E-state index in [1.54, 1.807) is 9.47 Å². The predicted octanol–water partition coefficient (Wildman–Crippen LogP) is 3.45. The van der Waals surface area contributed by atoms with Gasteiger partial charge in [0.05, 0.1) is 0 Å². The van der Waals surface area contributed by atoms with Crippen LogP contribution >= 0.6 is 0 Å². The second-order valence-corrected chi connectivity index (χ2v) is 8.85. The van der Waals surface area contributed by atoms with E-state index in [9.17, 15) is 104 Å². The van der Waals surface area contributed by atoms with Gasteiger partial charge in [-0.2, -0.15) is 87.1 Å². The third-order valence-electron chi connectivity index (χ3n) is 3.28. The summed E-state index contributed by atoms with van der Waals surface area (Å²) in [5.41, 5.74) is 0. The average Bonchev–Trinajstić information content (AvgIpc) is 2.67. The van der Waals surface area contributed by atoms with E-state index in [4.69, 9.17) is 0 Å². The van der Waals surface area contributed by atoms with E-state index < -0.39 is 79.2 Å². The number of ether oxygens (including phenoxy) is 2. The first-order valence-electron chi connectivity index (χ1n) is 7.71. The number of hydrogen-bond donors (Lipinski definition) is 0. The first-order valence-corrected chi connectivity index (χ1v) is 10.5. The van der Waals surface area contributed by atoms with Crippen LogP contribution in [-0.2, 0) is 49.3 Å². The fraction of sp³-hybridized carbons (Fsp3) is 0.800. The van der Waals surface area contributed by atoms with Gasteiger partial charge in [0.2, 0.25) is 0 Å². The van der Waals surface area contributed by atoms with E-state index in [0.29, 0.717) is 0 Å². The summed E-state index contributed by atoms with van der Waals surface area (Å²) in [6.45, 7) is 0. The van der Waals surface area contributed by atoms with E-state index in [-0.39, 0.29) is 0 Å². The molecular formula is C10F18O10S2. The molecule has 0 aromatic rings. The molecule has 2 unspecified atom stereocenters. The highest BCUT2D eigenvalue weighted by atomic mass is 32.3. The van der Waals surface area contributed by atoms with Gasteiger partial charge in [0.1, 0.15) is 0 Å². The highest BCUT2D eigenvalue weighted by Gasteiger charge is 2.79. The van der Waals surface area contributed by atoms with Crippen molar-refractivity contribution in [2.75, 3.05) is 0 Å². The predicted molar refractivity (Wildman–Crippen MR) is 74.0 cm³/mol. The Morgan fingerprint density at radius 1 is 0.450 bits per heavy atom. The standard InChI is InChI=1S/C10F18O10S2/c11-3(5(13,14)15,37-7(19,20)9(23,24)39(27,31)32)1(29)35-36-2(30)4(12,6(16,17)18)38-8(21,22)10(25,26)40(28,33)34. The molecule has 0 spiro atoms. The maximum absolute atomic E-state index is 13.8. The van der Waals surface area contributed by atoms with E-state index in [1.807, 2.05) is 0 Å². The summed E-state index contributed by atoms with van der Waals surface area (Å²) in [5.74, 6) is -24.2. The molecule has 238 valence electrons. The first-order chi connectivity index (χ1) is 17.0. The second kappa shape index (κ2) is 10.1. The number of alkyl halides is 16. The number of halogens is 18. The van der Waals surface area contributed by atoms with Crippen LogP contribution in [-0.4, -0.2) is 75.6 Å². The number of carbonyl (C=O) groups excluding carboxylic acids is 2. The maximum atomic E-state index is 13.8. The normalized spacial score (nSPS) is 17.9. The maximum Gasteiger partial charge on any atom is 0.464 e. The molecule has 2 atom stereocenters. The summed E-state index contributed by atoms with van der Waals surface area (Å²) in [6.07, 6.45) is -30.5. The molecular weight excluding hydrogens is 686 g/mol. The fourth-order valence-electron chi connectivity index (χ4n) is 1.37. The molecule has 0 rings (SSSR count). The summed E-state index contributed by atoms with van der Waals surface area (Å²) in [4.78, 5) is 26.2. The monoisotopic (exact) mass is 686 g/mol. The van der Waals surface area contributed by atoms with Gasteiger partial charge in [0.15, 0.2) is 0 Å². The Labute approximate surface area is 204 Å². The Morgan fingerprint density at radius 2 is 0.650 bits per heavy atom. The van der Waals surface area contributed by atoms with Crippen molar-refractivity contribution in [2.45, 2.75) is 46.8 Å². The molecule has 40 heavy (non-hydrogen) atoms. The van der Waals surface area contributed by atoms with Gasteiger partial charge in [-0.05, 0) is 0 Å². The minimum absolute atomic E-state index is 1.56. The van der Waals surface area contributed by atoms with Crippen molar-refractivity contribution in [1.29, 1.82) is 0 Å². The largest absolute Gasteiger partial charge is 0.464 e. The van der Waals surface area contributed by atoms with Crippen molar-refractivity contribution >= 4 is 32.4 Å². The lowest BCUT2D eigenvalue weighted by molar-refractivity contribution is -0.442. The zero-order chi connectivity index (χ0) is 33.0. The Kier molecular flexibility index (Phi) is 9.46. The quantitative estimate of drug-likeness (QED) is 0.145. The average molecular weight is 686 g/mol. The van der Waals surface area contributed by atoms with Crippen LogP contribution in [0.2, 0.25) is 0 Å². The zero-order valence-electron chi connectivity index (χ0n) is 16.7. The summed E-state index contributed by atoms with van der Waals surface area (Å²) >= 11 is 0. The Morgan fingerprint density at radius 3 is 0.800 bits per heavy atom. The van der Waals surface area contributed by atoms with E-state index in [1.165, 1.54) is 0 Å². The first kappa shape index (κ1) is 37.5. The van der Waals surface area contributed by atoms with Crippen LogP contribution in [0.15, 0.2) is 0 Å². The van der Waals surface area contributed by atoms with Crippen LogP contribution in [0.1, 0.15) is 0 Å². The van der Waals surface area contributed by atoms with E-state index >= 15 is 0 Å². The lowest BCUT2D eigenvalue weighted by atomic mass is 10.3. The van der Waals surface area contributed by atoms with Crippen molar-refractivity contribution in [3.05, 3.63) is 0 Å². The minimum Gasteiger partial charge on any atom is -0.259 e. The highest BCUT2D eigenvalue weighted by molar-refractivity contribution is 7.87. The van der Waals surface area contributed by atoms with Crippen LogP contribution < -0.4 is 0 Å². The lowest BCUT2D eigenvalue weighted by Gasteiger charge is -2.32. The molecule has 30 heteroatoms. The molecule has 0 aromatic carbocycles. The van der Waals surface area contributed by atoms with Crippen LogP contribution in [0.5, 0.6) is 0 Å². The molecule has 0 saturated heterocycles. The molecule has 0 aliphatic heterocycles. The smallest absolute Gasteiger partial charge is 0.259 e. The highest BCUT2D eigenvalue weighted by Crippen LogP contribution is 2.49. The van der Waals surface area contributed by atoms with Crippen LogP contribution in [0, 0.1) is 0 Å². The van der Waals surface area contributed by atoms with Gasteiger partial charge in [0.25, 0.3) is 0 Å². The molecule has 10 nitrogen and oxygen atoms in total. The molecule has 0 aromatic heterocycles. The fourth-order valence-corrected chi connectivity index (χ4v) is 2.02. The topological polar surface area (TPSA) is 139 Å². The van der Waals surface area contributed by atoms with E-state index in [2.05, 4.69) is 9.78 Å². The van der Waals surface area contributed by atoms with Crippen LogP contribution in [0.3, 0.4) is 0 Å². The van der Waals surface area contributed by atoms with Gasteiger partial charge in [-0.25, -0.2) is 19.4 Å². The van der Waals surface area contributed by atoms with Gasteiger partial charge >= 0.3 is 79.2 Å². The molecule has 0 aliphatic rings. The minimum atomic E-state index is -8.08. The molecule has 0 bridgehead atoms. The molecule has 0 heterocycles. The van der Waals surface area contributed by atoms with Crippen LogP contribution in [0.25, 0.3) is 0 Å². The van der Waals surface area contributed by atoms with Crippen molar-refractivity contribution in [2.24, 2.45) is 0 Å². The van der Waals surface area contributed by atoms with Crippen molar-refractivity contribution < 1.29 is 124 Å². The third-order valence-corrected chi connectivity index (χ3v) is 4.98. The van der Waals surface area contributed by atoms with Gasteiger partial charge in [-0.1, -0.05) is 7.77 Å². The number of carbonyl (C=O) groups is 2. The Bertz CT molecular complexity index is 1110.